The SMILES string of the molecule is [B]C(=NC(C)CC)c1ccc(C(=O)N2CCC(C(=C)N(Cc3cccc(F)c3)c3ccccc3C)CC2)cc1C. The van der Waals surface area contributed by atoms with E-state index >= 15 is 0 Å². The van der Waals surface area contributed by atoms with E-state index in [4.69, 9.17) is 7.85 Å². The highest BCUT2D eigenvalue weighted by Gasteiger charge is 2.28. The molecule has 0 N–H and O–H groups in total. The molecule has 1 saturated heterocycles. The van der Waals surface area contributed by atoms with Crippen molar-refractivity contribution in [3.8, 4) is 0 Å². The molecule has 1 amide bonds. The number of rotatable bonds is 9. The van der Waals surface area contributed by atoms with Gasteiger partial charge in [-0.1, -0.05) is 49.9 Å². The lowest BCUT2D eigenvalue weighted by molar-refractivity contribution is 0.0701. The Hall–Kier alpha value is -3.67. The topological polar surface area (TPSA) is 35.9 Å². The van der Waals surface area contributed by atoms with E-state index in [9.17, 15) is 9.18 Å². The minimum Gasteiger partial charge on any atom is -0.341 e. The van der Waals surface area contributed by atoms with Crippen molar-refractivity contribution in [2.75, 3.05) is 18.0 Å². The molecule has 1 fully saturated rings. The third-order valence-corrected chi connectivity index (χ3v) is 7.94. The summed E-state index contributed by atoms with van der Waals surface area (Å²) in [6, 6.07) is 20.8. The Kier molecular flexibility index (Phi) is 9.62. The van der Waals surface area contributed by atoms with E-state index < -0.39 is 0 Å². The first kappa shape index (κ1) is 29.3. The summed E-state index contributed by atoms with van der Waals surface area (Å²) < 4.78 is 14.0. The zero-order valence-corrected chi connectivity index (χ0v) is 24.2. The maximum absolute atomic E-state index is 14.0. The Morgan fingerprint density at radius 1 is 1.07 bits per heavy atom. The van der Waals surface area contributed by atoms with Crippen LogP contribution in [0.4, 0.5) is 10.1 Å². The van der Waals surface area contributed by atoms with Crippen LogP contribution in [0.2, 0.25) is 0 Å². The third-order valence-electron chi connectivity index (χ3n) is 7.94. The second-order valence-electron chi connectivity index (χ2n) is 10.9. The van der Waals surface area contributed by atoms with Crippen molar-refractivity contribution in [2.24, 2.45) is 10.9 Å². The molecule has 2 radical (unpaired) electrons. The number of amides is 1. The maximum Gasteiger partial charge on any atom is 0.253 e. The molecule has 0 aliphatic carbocycles. The zero-order chi connectivity index (χ0) is 28.8. The Labute approximate surface area is 240 Å². The Balaban J connectivity index is 1.46. The molecule has 1 unspecified atom stereocenters. The molecule has 206 valence electrons. The molecule has 1 aliphatic rings. The largest absolute Gasteiger partial charge is 0.341 e. The van der Waals surface area contributed by atoms with E-state index in [0.29, 0.717) is 30.8 Å². The van der Waals surface area contributed by atoms with Crippen LogP contribution < -0.4 is 4.90 Å². The number of anilines is 1. The van der Waals surface area contributed by atoms with Gasteiger partial charge in [-0.05, 0) is 98.2 Å². The first-order valence-electron chi connectivity index (χ1n) is 14.2. The highest BCUT2D eigenvalue weighted by Crippen LogP contribution is 2.33. The fourth-order valence-corrected chi connectivity index (χ4v) is 5.33. The van der Waals surface area contributed by atoms with E-state index in [0.717, 1.165) is 52.9 Å². The van der Waals surface area contributed by atoms with Gasteiger partial charge in [-0.25, -0.2) is 4.39 Å². The van der Waals surface area contributed by atoms with Gasteiger partial charge in [0.2, 0.25) is 0 Å². The van der Waals surface area contributed by atoms with Crippen LogP contribution in [0, 0.1) is 25.6 Å². The average Bonchev–Trinajstić information content (AvgIpc) is 2.95. The first-order chi connectivity index (χ1) is 19.2. The number of hydrogen-bond donors (Lipinski definition) is 0. The summed E-state index contributed by atoms with van der Waals surface area (Å²) in [6.07, 6.45) is 2.57. The Bertz CT molecular complexity index is 1390. The molecule has 1 aliphatic heterocycles. The summed E-state index contributed by atoms with van der Waals surface area (Å²) in [5.41, 5.74) is 7.12. The number of hydrogen-bond acceptors (Lipinski definition) is 3. The summed E-state index contributed by atoms with van der Waals surface area (Å²) in [5.74, 6) is 0.0120. The van der Waals surface area contributed by atoms with Crippen LogP contribution in [0.25, 0.3) is 0 Å². The van der Waals surface area contributed by atoms with Gasteiger partial charge in [0.25, 0.3) is 5.91 Å². The number of likely N-dealkylation sites (tertiary alicyclic amines) is 1. The van der Waals surface area contributed by atoms with E-state index in [-0.39, 0.29) is 23.7 Å². The highest BCUT2D eigenvalue weighted by atomic mass is 19.1. The lowest BCUT2D eigenvalue weighted by atomic mass is 9.88. The molecule has 1 heterocycles. The van der Waals surface area contributed by atoms with Crippen LogP contribution >= 0.6 is 0 Å². The fraction of sp³-hybridized carbons (Fsp3) is 0.353. The molecule has 0 bridgehead atoms. The van der Waals surface area contributed by atoms with Gasteiger partial charge < -0.3 is 9.80 Å². The second-order valence-corrected chi connectivity index (χ2v) is 10.9. The van der Waals surface area contributed by atoms with E-state index in [2.05, 4.69) is 42.5 Å². The first-order valence-corrected chi connectivity index (χ1v) is 14.2. The van der Waals surface area contributed by atoms with Gasteiger partial charge in [-0.2, -0.15) is 0 Å². The molecule has 4 nitrogen and oxygen atoms in total. The van der Waals surface area contributed by atoms with Crippen molar-refractivity contribution in [1.29, 1.82) is 0 Å². The molecule has 40 heavy (non-hydrogen) atoms. The van der Waals surface area contributed by atoms with Crippen molar-refractivity contribution < 1.29 is 9.18 Å². The molecule has 3 aromatic rings. The monoisotopic (exact) mass is 535 g/mol. The molecular formula is C34H39BFN3O. The Morgan fingerprint density at radius 3 is 2.45 bits per heavy atom. The van der Waals surface area contributed by atoms with Crippen LogP contribution in [0.15, 0.2) is 84.0 Å². The molecular weight excluding hydrogens is 496 g/mol. The van der Waals surface area contributed by atoms with Gasteiger partial charge in [0.05, 0.1) is 0 Å². The molecule has 3 aromatic carbocycles. The van der Waals surface area contributed by atoms with Gasteiger partial charge in [-0.3, -0.25) is 9.79 Å². The number of aliphatic imine (C=N–C) groups is 1. The summed E-state index contributed by atoms with van der Waals surface area (Å²) in [5, 5.41) is 0. The van der Waals surface area contributed by atoms with Crippen LogP contribution in [-0.2, 0) is 6.54 Å². The molecule has 0 aromatic heterocycles. The number of para-hydroxylation sites is 1. The van der Waals surface area contributed by atoms with Gasteiger partial charge in [0.15, 0.2) is 0 Å². The van der Waals surface area contributed by atoms with Crippen molar-refractivity contribution >= 4 is 25.1 Å². The predicted molar refractivity (Wildman–Crippen MR) is 165 cm³/mol. The number of benzene rings is 3. The summed E-state index contributed by atoms with van der Waals surface area (Å²) in [6.45, 7) is 14.5. The number of allylic oxidation sites excluding steroid dienone is 1. The van der Waals surface area contributed by atoms with Crippen molar-refractivity contribution in [3.63, 3.8) is 0 Å². The van der Waals surface area contributed by atoms with Crippen molar-refractivity contribution in [3.05, 3.63) is 113 Å². The second kappa shape index (κ2) is 13.1. The average molecular weight is 536 g/mol. The number of piperidine rings is 1. The minimum absolute atomic E-state index is 0.0340. The van der Waals surface area contributed by atoms with Gasteiger partial charge in [0, 0.05) is 48.5 Å². The lowest BCUT2D eigenvalue weighted by Crippen LogP contribution is -2.40. The van der Waals surface area contributed by atoms with Crippen LogP contribution in [-0.4, -0.2) is 43.4 Å². The van der Waals surface area contributed by atoms with E-state index in [1.807, 2.05) is 55.1 Å². The number of halogens is 1. The summed E-state index contributed by atoms with van der Waals surface area (Å²) in [4.78, 5) is 22.1. The fourth-order valence-electron chi connectivity index (χ4n) is 5.33. The molecule has 0 spiro atoms. The smallest absolute Gasteiger partial charge is 0.253 e. The standard InChI is InChI=1S/C34H39BFN3O/c1-6-25(4)37-33(35)31-15-14-29(20-24(31)3)34(40)38-18-16-28(17-19-38)26(5)39(32-13-8-7-10-23(32)2)22-27-11-9-12-30(36)21-27/h7-15,20-21,25,28H,5-6,16-19,22H2,1-4H3. The molecule has 1 atom stereocenters. The summed E-state index contributed by atoms with van der Waals surface area (Å²) >= 11 is 0. The molecule has 4 rings (SSSR count). The number of aryl methyl sites for hydroxylation is 2. The lowest BCUT2D eigenvalue weighted by Gasteiger charge is -2.38. The van der Waals surface area contributed by atoms with E-state index in [1.54, 1.807) is 12.1 Å². The van der Waals surface area contributed by atoms with Crippen LogP contribution in [0.1, 0.15) is 65.7 Å². The van der Waals surface area contributed by atoms with Gasteiger partial charge in [-0.15, -0.1) is 0 Å². The zero-order valence-electron chi connectivity index (χ0n) is 24.2. The normalized spacial score (nSPS) is 15.1. The summed E-state index contributed by atoms with van der Waals surface area (Å²) in [7, 11) is 6.24. The van der Waals surface area contributed by atoms with Crippen LogP contribution in [0.3, 0.4) is 0 Å². The highest BCUT2D eigenvalue weighted by molar-refractivity contribution is 6.64. The number of carbonyl (C=O) groups excluding carboxylic acids is 1. The third kappa shape index (κ3) is 6.90. The van der Waals surface area contributed by atoms with Crippen molar-refractivity contribution in [2.45, 2.75) is 59.5 Å². The number of nitrogens with zero attached hydrogens (tertiary/aromatic N) is 3. The predicted octanol–water partition coefficient (Wildman–Crippen LogP) is 7.23. The maximum atomic E-state index is 14.0. The number of carbonyl (C=O) groups is 1. The van der Waals surface area contributed by atoms with Crippen molar-refractivity contribution in [1.82, 2.24) is 4.90 Å². The van der Waals surface area contributed by atoms with Gasteiger partial charge in [0.1, 0.15) is 13.7 Å². The molecule has 0 saturated carbocycles. The minimum atomic E-state index is -0.242. The van der Waals surface area contributed by atoms with Gasteiger partial charge >= 0.3 is 0 Å². The molecule has 6 heteroatoms. The Morgan fingerprint density at radius 2 is 1.80 bits per heavy atom. The van der Waals surface area contributed by atoms with Crippen LogP contribution in [0.5, 0.6) is 0 Å². The quantitative estimate of drug-likeness (QED) is 0.214. The van der Waals surface area contributed by atoms with E-state index in [1.165, 1.54) is 6.07 Å².